The summed E-state index contributed by atoms with van der Waals surface area (Å²) in [5.74, 6) is -0.103. The molecule has 1 aromatic rings. The van der Waals surface area contributed by atoms with Crippen molar-refractivity contribution in [3.8, 4) is 6.07 Å². The number of amides is 1. The van der Waals surface area contributed by atoms with Crippen LogP contribution >= 0.6 is 24.0 Å². The zero-order chi connectivity index (χ0) is 27.1. The molecule has 0 aromatic carbocycles. The van der Waals surface area contributed by atoms with Crippen LogP contribution in [-0.4, -0.2) is 51.9 Å². The molecule has 3 rings (SSSR count). The van der Waals surface area contributed by atoms with Gasteiger partial charge in [-0.3, -0.25) is 23.9 Å². The molecule has 8 nitrogen and oxygen atoms in total. The molecule has 0 aliphatic carbocycles. The van der Waals surface area contributed by atoms with Crippen LogP contribution in [0.15, 0.2) is 9.70 Å². The number of carbonyl (C=O) groups excluding carboxylic acids is 2. The summed E-state index contributed by atoms with van der Waals surface area (Å²) in [4.78, 5) is 43.0. The number of pyridine rings is 1. The van der Waals surface area contributed by atoms with Gasteiger partial charge in [-0.2, -0.15) is 5.26 Å². The fourth-order valence-corrected chi connectivity index (χ4v) is 6.20. The van der Waals surface area contributed by atoms with Gasteiger partial charge in [0.2, 0.25) is 0 Å². The Morgan fingerprint density at radius 1 is 1.24 bits per heavy atom. The lowest BCUT2D eigenvalue weighted by Crippen LogP contribution is -2.42. The van der Waals surface area contributed by atoms with Gasteiger partial charge in [0.05, 0.1) is 17.4 Å². The number of esters is 1. The highest BCUT2D eigenvalue weighted by atomic mass is 32.2. The van der Waals surface area contributed by atoms with E-state index < -0.39 is 5.56 Å². The van der Waals surface area contributed by atoms with E-state index in [1.807, 2.05) is 11.0 Å². The first-order chi connectivity index (χ1) is 17.7. The minimum Gasteiger partial charge on any atom is -0.466 e. The lowest BCUT2D eigenvalue weighted by atomic mass is 9.96. The van der Waals surface area contributed by atoms with Gasteiger partial charge < -0.3 is 9.64 Å². The number of thioether (sulfide) groups is 1. The van der Waals surface area contributed by atoms with Gasteiger partial charge in [-0.05, 0) is 44.7 Å². The van der Waals surface area contributed by atoms with Crippen LogP contribution in [0.4, 0.5) is 5.82 Å². The van der Waals surface area contributed by atoms with Crippen LogP contribution in [0.25, 0.3) is 6.08 Å². The monoisotopic (exact) mass is 544 g/mol. The Kier molecular flexibility index (Phi) is 10.4. The molecule has 200 valence electrons. The van der Waals surface area contributed by atoms with Gasteiger partial charge in [0, 0.05) is 32.2 Å². The number of rotatable bonds is 10. The van der Waals surface area contributed by atoms with Crippen molar-refractivity contribution in [3.63, 3.8) is 0 Å². The topological polar surface area (TPSA) is 95.6 Å². The van der Waals surface area contributed by atoms with Gasteiger partial charge in [-0.1, -0.05) is 56.6 Å². The van der Waals surface area contributed by atoms with Crippen molar-refractivity contribution in [1.29, 1.82) is 5.26 Å². The fourth-order valence-electron chi connectivity index (χ4n) is 4.91. The number of nitriles is 1. The third-order valence-electron chi connectivity index (χ3n) is 6.94. The van der Waals surface area contributed by atoms with Gasteiger partial charge >= 0.3 is 5.97 Å². The predicted molar refractivity (Wildman–Crippen MR) is 151 cm³/mol. The molecule has 2 saturated heterocycles. The van der Waals surface area contributed by atoms with Crippen molar-refractivity contribution < 1.29 is 14.3 Å². The second-order valence-electron chi connectivity index (χ2n) is 9.50. The molecule has 1 unspecified atom stereocenters. The highest BCUT2D eigenvalue weighted by Crippen LogP contribution is 2.36. The van der Waals surface area contributed by atoms with Crippen LogP contribution in [0.3, 0.4) is 0 Å². The van der Waals surface area contributed by atoms with Crippen LogP contribution in [0, 0.1) is 24.2 Å². The summed E-state index contributed by atoms with van der Waals surface area (Å²) in [6.45, 7) is 7.63. The Hall–Kier alpha value is -2.64. The summed E-state index contributed by atoms with van der Waals surface area (Å²) < 4.78 is 7.23. The van der Waals surface area contributed by atoms with E-state index in [0.29, 0.717) is 58.8 Å². The number of nitrogens with zero attached hydrogens (tertiary/aromatic N) is 4. The number of aromatic nitrogens is 1. The van der Waals surface area contributed by atoms with Gasteiger partial charge in [0.15, 0.2) is 0 Å². The van der Waals surface area contributed by atoms with Gasteiger partial charge in [-0.15, -0.1) is 0 Å². The van der Waals surface area contributed by atoms with Crippen LogP contribution in [-0.2, 0) is 21.4 Å². The molecule has 1 amide bonds. The second-order valence-corrected chi connectivity index (χ2v) is 11.2. The number of anilines is 1. The first kappa shape index (κ1) is 28.9. The minimum absolute atomic E-state index is 0.0443. The van der Waals surface area contributed by atoms with E-state index in [-0.39, 0.29) is 23.4 Å². The fraction of sp³-hybridized carbons (Fsp3) is 0.593. The van der Waals surface area contributed by atoms with Crippen LogP contribution < -0.4 is 10.5 Å². The van der Waals surface area contributed by atoms with Crippen molar-refractivity contribution in [2.45, 2.75) is 65.7 Å². The Morgan fingerprint density at radius 3 is 2.65 bits per heavy atom. The largest absolute Gasteiger partial charge is 0.466 e. The average Bonchev–Trinajstić information content (AvgIpc) is 3.15. The predicted octanol–water partition coefficient (Wildman–Crippen LogP) is 4.52. The Morgan fingerprint density at radius 2 is 1.97 bits per heavy atom. The molecule has 2 aliphatic rings. The van der Waals surface area contributed by atoms with E-state index in [0.717, 1.165) is 32.1 Å². The molecule has 0 spiro atoms. The van der Waals surface area contributed by atoms with E-state index >= 15 is 0 Å². The normalized spacial score (nSPS) is 19.0. The summed E-state index contributed by atoms with van der Waals surface area (Å²) in [6, 6.07) is 2.03. The molecule has 0 N–H and O–H groups in total. The smallest absolute Gasteiger partial charge is 0.310 e. The molecule has 1 atom stereocenters. The lowest BCUT2D eigenvalue weighted by Gasteiger charge is -2.35. The number of ether oxygens (including phenoxy) is 1. The van der Waals surface area contributed by atoms with E-state index in [4.69, 9.17) is 17.0 Å². The second kappa shape index (κ2) is 13.2. The highest BCUT2D eigenvalue weighted by Gasteiger charge is 2.34. The lowest BCUT2D eigenvalue weighted by molar-refractivity contribution is -0.148. The standard InChI is InChI=1S/C27H36N4O4S2/c1-5-7-8-9-10-14-31-25(33)22(37-27(31)36)15-20-18(3)21(16-28)24(32)29(4)23(20)30-13-11-12-19(17-30)26(34)35-6-2/h15,19H,5-14,17H2,1-4H3/b22-15-. The molecule has 0 radical (unpaired) electrons. The SMILES string of the molecule is CCCCCCCN1C(=O)/C(=C/c2c(C)c(C#N)c(=O)n(C)c2N2CCCC(C(=O)OCC)C2)SC1=S. The van der Waals surface area contributed by atoms with E-state index in [1.54, 1.807) is 31.9 Å². The Labute approximate surface area is 228 Å². The van der Waals surface area contributed by atoms with E-state index in [2.05, 4.69) is 6.92 Å². The molecule has 1 aromatic heterocycles. The number of carbonyl (C=O) groups is 2. The number of hydrogen-bond donors (Lipinski definition) is 0. The zero-order valence-electron chi connectivity index (χ0n) is 22.2. The maximum Gasteiger partial charge on any atom is 0.310 e. The van der Waals surface area contributed by atoms with Crippen LogP contribution in [0.2, 0.25) is 0 Å². The van der Waals surface area contributed by atoms with Crippen molar-refractivity contribution >= 4 is 52.1 Å². The molecule has 37 heavy (non-hydrogen) atoms. The van der Waals surface area contributed by atoms with Gasteiger partial charge in [-0.25, -0.2) is 0 Å². The third-order valence-corrected chi connectivity index (χ3v) is 8.32. The Balaban J connectivity index is 1.98. The molecule has 3 heterocycles. The number of unbranched alkanes of at least 4 members (excludes halogenated alkanes) is 4. The number of piperidine rings is 1. The van der Waals surface area contributed by atoms with E-state index in [9.17, 15) is 19.6 Å². The molecule has 10 heteroatoms. The average molecular weight is 545 g/mol. The number of thiocarbonyl (C=S) groups is 1. The van der Waals surface area contributed by atoms with Gasteiger partial charge in [0.1, 0.15) is 21.8 Å². The zero-order valence-corrected chi connectivity index (χ0v) is 23.8. The molecular weight excluding hydrogens is 508 g/mol. The first-order valence-electron chi connectivity index (χ1n) is 13.1. The third kappa shape index (κ3) is 6.44. The maximum absolute atomic E-state index is 13.3. The molecule has 0 bridgehead atoms. The summed E-state index contributed by atoms with van der Waals surface area (Å²) in [6.07, 6.45) is 8.66. The molecule has 0 saturated carbocycles. The van der Waals surface area contributed by atoms with Crippen molar-refractivity contribution in [2.24, 2.45) is 13.0 Å². The summed E-state index contributed by atoms with van der Waals surface area (Å²) >= 11 is 6.78. The summed E-state index contributed by atoms with van der Waals surface area (Å²) in [7, 11) is 1.63. The van der Waals surface area contributed by atoms with Crippen molar-refractivity contribution in [2.75, 3.05) is 31.1 Å². The summed E-state index contributed by atoms with van der Waals surface area (Å²) in [5, 5.41) is 9.72. The van der Waals surface area contributed by atoms with Crippen LogP contribution in [0.1, 0.15) is 75.5 Å². The van der Waals surface area contributed by atoms with Crippen molar-refractivity contribution in [3.05, 3.63) is 31.9 Å². The molecule has 2 fully saturated rings. The van der Waals surface area contributed by atoms with Crippen LogP contribution in [0.5, 0.6) is 0 Å². The van der Waals surface area contributed by atoms with Gasteiger partial charge in [0.25, 0.3) is 11.5 Å². The van der Waals surface area contributed by atoms with E-state index in [1.165, 1.54) is 22.7 Å². The highest BCUT2D eigenvalue weighted by molar-refractivity contribution is 8.26. The van der Waals surface area contributed by atoms with Crippen molar-refractivity contribution in [1.82, 2.24) is 9.47 Å². The molecular formula is C27H36N4O4S2. The number of hydrogen-bond acceptors (Lipinski definition) is 8. The summed E-state index contributed by atoms with van der Waals surface area (Å²) in [5.41, 5.74) is 0.795. The Bertz CT molecular complexity index is 1180. The maximum atomic E-state index is 13.3. The first-order valence-corrected chi connectivity index (χ1v) is 14.3. The minimum atomic E-state index is -0.398. The molecule has 2 aliphatic heterocycles. The quantitative estimate of drug-likeness (QED) is 0.184.